The number of ether oxygens (including phenoxy) is 1. The Morgan fingerprint density at radius 1 is 1.12 bits per heavy atom. The summed E-state index contributed by atoms with van der Waals surface area (Å²) in [5.74, 6) is 0.875. The topological polar surface area (TPSA) is 35.2 Å². The lowest BCUT2D eigenvalue weighted by Gasteiger charge is -2.15. The fourth-order valence-electron chi connectivity index (χ4n) is 1.60. The van der Waals surface area contributed by atoms with Gasteiger partial charge in [0.2, 0.25) is 0 Å². The molecule has 0 spiro atoms. The molecule has 2 aromatic rings. The van der Waals surface area contributed by atoms with E-state index in [4.69, 9.17) is 10.5 Å². The smallest absolute Gasteiger partial charge is 0.121 e. The van der Waals surface area contributed by atoms with Crippen molar-refractivity contribution >= 4 is 28.3 Å². The number of rotatable bonds is 3. The van der Waals surface area contributed by atoms with Crippen molar-refractivity contribution in [2.24, 2.45) is 0 Å². The molecule has 2 aromatic carbocycles. The SMILES string of the molecule is CC(Oc1ccc(I)cc1)c1cccc(N)c1. The Hall–Kier alpha value is -1.23. The van der Waals surface area contributed by atoms with Crippen molar-refractivity contribution in [2.75, 3.05) is 5.73 Å². The van der Waals surface area contributed by atoms with Crippen molar-refractivity contribution < 1.29 is 4.74 Å². The number of benzene rings is 2. The first-order chi connectivity index (χ1) is 8.15. The molecule has 0 aliphatic heterocycles. The van der Waals surface area contributed by atoms with Crippen LogP contribution in [0.1, 0.15) is 18.6 Å². The summed E-state index contributed by atoms with van der Waals surface area (Å²) < 4.78 is 7.05. The second-order valence-electron chi connectivity index (χ2n) is 3.88. The van der Waals surface area contributed by atoms with Gasteiger partial charge in [-0.2, -0.15) is 0 Å². The molecule has 1 unspecified atom stereocenters. The van der Waals surface area contributed by atoms with Gasteiger partial charge in [-0.15, -0.1) is 0 Å². The Balaban J connectivity index is 2.11. The van der Waals surface area contributed by atoms with E-state index in [-0.39, 0.29) is 6.10 Å². The molecule has 2 N–H and O–H groups in total. The van der Waals surface area contributed by atoms with E-state index in [0.29, 0.717) is 0 Å². The van der Waals surface area contributed by atoms with Crippen LogP contribution in [0, 0.1) is 3.57 Å². The van der Waals surface area contributed by atoms with Crippen molar-refractivity contribution in [3.8, 4) is 5.75 Å². The summed E-state index contributed by atoms with van der Waals surface area (Å²) in [6, 6.07) is 15.8. The highest BCUT2D eigenvalue weighted by molar-refractivity contribution is 14.1. The van der Waals surface area contributed by atoms with Crippen molar-refractivity contribution in [3.05, 3.63) is 57.7 Å². The highest BCUT2D eigenvalue weighted by Gasteiger charge is 2.07. The average molecular weight is 339 g/mol. The fraction of sp³-hybridized carbons (Fsp3) is 0.143. The molecule has 0 aromatic heterocycles. The first kappa shape index (κ1) is 12.2. The van der Waals surface area contributed by atoms with Crippen LogP contribution in [0.4, 0.5) is 5.69 Å². The third-order valence-corrected chi connectivity index (χ3v) is 3.23. The van der Waals surface area contributed by atoms with Gasteiger partial charge in [0.15, 0.2) is 0 Å². The van der Waals surface area contributed by atoms with Crippen LogP contribution in [0.25, 0.3) is 0 Å². The predicted octanol–water partition coefficient (Wildman–Crippen LogP) is 4.01. The molecule has 0 amide bonds. The molecule has 0 radical (unpaired) electrons. The number of anilines is 1. The largest absolute Gasteiger partial charge is 0.486 e. The van der Waals surface area contributed by atoms with E-state index in [0.717, 1.165) is 17.0 Å². The molecule has 3 heteroatoms. The first-order valence-corrected chi connectivity index (χ1v) is 6.50. The van der Waals surface area contributed by atoms with Crippen molar-refractivity contribution in [1.29, 1.82) is 0 Å². The monoisotopic (exact) mass is 339 g/mol. The molecule has 0 saturated carbocycles. The van der Waals surface area contributed by atoms with Crippen LogP contribution in [0.3, 0.4) is 0 Å². The summed E-state index contributed by atoms with van der Waals surface area (Å²) in [5.41, 5.74) is 7.60. The van der Waals surface area contributed by atoms with Gasteiger partial charge >= 0.3 is 0 Å². The molecule has 2 nitrogen and oxygen atoms in total. The Morgan fingerprint density at radius 3 is 2.47 bits per heavy atom. The van der Waals surface area contributed by atoms with Crippen molar-refractivity contribution in [1.82, 2.24) is 0 Å². The zero-order valence-electron chi connectivity index (χ0n) is 9.56. The molecule has 1 atom stereocenters. The number of nitrogens with two attached hydrogens (primary N) is 1. The van der Waals surface area contributed by atoms with Crippen LogP contribution in [-0.4, -0.2) is 0 Å². The zero-order valence-corrected chi connectivity index (χ0v) is 11.7. The third kappa shape index (κ3) is 3.36. The van der Waals surface area contributed by atoms with E-state index >= 15 is 0 Å². The van der Waals surface area contributed by atoms with E-state index < -0.39 is 0 Å². The Kier molecular flexibility index (Phi) is 3.89. The van der Waals surface area contributed by atoms with Gasteiger partial charge in [0.05, 0.1) is 0 Å². The van der Waals surface area contributed by atoms with Crippen LogP contribution in [-0.2, 0) is 0 Å². The Morgan fingerprint density at radius 2 is 1.82 bits per heavy atom. The van der Waals surface area contributed by atoms with E-state index in [1.807, 2.05) is 55.5 Å². The quantitative estimate of drug-likeness (QED) is 0.677. The lowest BCUT2D eigenvalue weighted by atomic mass is 10.1. The predicted molar refractivity (Wildman–Crippen MR) is 79.1 cm³/mol. The molecule has 0 heterocycles. The molecule has 0 saturated heterocycles. The zero-order chi connectivity index (χ0) is 12.3. The van der Waals surface area contributed by atoms with Gasteiger partial charge in [0.25, 0.3) is 0 Å². The second kappa shape index (κ2) is 5.40. The normalized spacial score (nSPS) is 12.1. The summed E-state index contributed by atoms with van der Waals surface area (Å²) in [5, 5.41) is 0. The summed E-state index contributed by atoms with van der Waals surface area (Å²) in [6.07, 6.45) is -0.00133. The number of nitrogen functional groups attached to an aromatic ring is 1. The van der Waals surface area contributed by atoms with Gasteiger partial charge in [-0.25, -0.2) is 0 Å². The maximum absolute atomic E-state index is 5.85. The standard InChI is InChI=1S/C14H14INO/c1-10(11-3-2-4-13(16)9-11)17-14-7-5-12(15)6-8-14/h2-10H,16H2,1H3. The van der Waals surface area contributed by atoms with Crippen LogP contribution < -0.4 is 10.5 Å². The highest BCUT2D eigenvalue weighted by Crippen LogP contribution is 2.23. The molecule has 0 bridgehead atoms. The minimum absolute atomic E-state index is 0.00133. The molecule has 0 aliphatic carbocycles. The molecule has 17 heavy (non-hydrogen) atoms. The summed E-state index contributed by atoms with van der Waals surface area (Å²) in [6.45, 7) is 2.02. The maximum atomic E-state index is 5.85. The highest BCUT2D eigenvalue weighted by atomic mass is 127. The van der Waals surface area contributed by atoms with Gasteiger partial charge in [-0.1, -0.05) is 12.1 Å². The minimum Gasteiger partial charge on any atom is -0.486 e. The molecular formula is C14H14INO. The van der Waals surface area contributed by atoms with Gasteiger partial charge in [-0.3, -0.25) is 0 Å². The van der Waals surface area contributed by atoms with E-state index in [9.17, 15) is 0 Å². The van der Waals surface area contributed by atoms with Crippen LogP contribution in [0.15, 0.2) is 48.5 Å². The molecule has 0 fully saturated rings. The third-order valence-electron chi connectivity index (χ3n) is 2.51. The Labute approximate surface area is 115 Å². The summed E-state index contributed by atoms with van der Waals surface area (Å²) in [7, 11) is 0. The summed E-state index contributed by atoms with van der Waals surface area (Å²) in [4.78, 5) is 0. The van der Waals surface area contributed by atoms with Gasteiger partial charge < -0.3 is 10.5 Å². The van der Waals surface area contributed by atoms with Crippen LogP contribution in [0.5, 0.6) is 5.75 Å². The Bertz CT molecular complexity index is 496. The number of halogens is 1. The van der Waals surface area contributed by atoms with Crippen LogP contribution in [0.2, 0.25) is 0 Å². The van der Waals surface area contributed by atoms with Gasteiger partial charge in [-0.05, 0) is 71.5 Å². The molecule has 0 aliphatic rings. The van der Waals surface area contributed by atoms with Crippen molar-refractivity contribution in [2.45, 2.75) is 13.0 Å². The van der Waals surface area contributed by atoms with E-state index in [1.165, 1.54) is 3.57 Å². The molecule has 2 rings (SSSR count). The van der Waals surface area contributed by atoms with Gasteiger partial charge in [0.1, 0.15) is 11.9 Å². The molecular weight excluding hydrogens is 325 g/mol. The van der Waals surface area contributed by atoms with Crippen LogP contribution >= 0.6 is 22.6 Å². The number of hydrogen-bond donors (Lipinski definition) is 1. The minimum atomic E-state index is -0.00133. The van der Waals surface area contributed by atoms with E-state index in [2.05, 4.69) is 22.6 Å². The lowest BCUT2D eigenvalue weighted by molar-refractivity contribution is 0.227. The van der Waals surface area contributed by atoms with E-state index in [1.54, 1.807) is 0 Å². The van der Waals surface area contributed by atoms with Gasteiger partial charge in [0, 0.05) is 9.26 Å². The average Bonchev–Trinajstić information content (AvgIpc) is 2.32. The maximum Gasteiger partial charge on any atom is 0.121 e. The first-order valence-electron chi connectivity index (χ1n) is 5.43. The lowest BCUT2D eigenvalue weighted by Crippen LogP contribution is -2.03. The molecule has 88 valence electrons. The fourth-order valence-corrected chi connectivity index (χ4v) is 1.96. The second-order valence-corrected chi connectivity index (χ2v) is 5.13. The van der Waals surface area contributed by atoms with Crippen molar-refractivity contribution in [3.63, 3.8) is 0 Å². The summed E-state index contributed by atoms with van der Waals surface area (Å²) >= 11 is 2.27. The number of hydrogen-bond acceptors (Lipinski definition) is 2.